The standard InChI is InChI=1S/C16H32N2/c1-5-8-18(13(4)9-12(2)3)16-10-14-6-7-15(11-16)17-14/h12-17H,5-11H2,1-4H3. The zero-order valence-corrected chi connectivity index (χ0v) is 12.8. The van der Waals surface area contributed by atoms with Crippen molar-refractivity contribution in [3.63, 3.8) is 0 Å². The molecule has 2 saturated heterocycles. The lowest BCUT2D eigenvalue weighted by Gasteiger charge is -2.41. The quantitative estimate of drug-likeness (QED) is 0.779. The molecule has 2 aliphatic rings. The first kappa shape index (κ1) is 14.3. The molecule has 0 aromatic heterocycles. The zero-order valence-electron chi connectivity index (χ0n) is 12.8. The van der Waals surface area contributed by atoms with Gasteiger partial charge in [0.25, 0.3) is 0 Å². The van der Waals surface area contributed by atoms with Crippen LogP contribution in [0.4, 0.5) is 0 Å². The van der Waals surface area contributed by atoms with Crippen molar-refractivity contribution in [1.82, 2.24) is 10.2 Å². The molecule has 0 aliphatic carbocycles. The summed E-state index contributed by atoms with van der Waals surface area (Å²) < 4.78 is 0. The highest BCUT2D eigenvalue weighted by Crippen LogP contribution is 2.31. The fourth-order valence-electron chi connectivity index (χ4n) is 4.14. The average molecular weight is 252 g/mol. The minimum absolute atomic E-state index is 0.757. The van der Waals surface area contributed by atoms with E-state index in [2.05, 4.69) is 37.9 Å². The van der Waals surface area contributed by atoms with E-state index in [-0.39, 0.29) is 0 Å². The Labute approximate surface area is 114 Å². The lowest BCUT2D eigenvalue weighted by molar-refractivity contribution is 0.0905. The van der Waals surface area contributed by atoms with Crippen LogP contribution in [0.25, 0.3) is 0 Å². The van der Waals surface area contributed by atoms with Gasteiger partial charge in [-0.2, -0.15) is 0 Å². The molecule has 0 radical (unpaired) electrons. The van der Waals surface area contributed by atoms with Crippen LogP contribution in [0.15, 0.2) is 0 Å². The van der Waals surface area contributed by atoms with Gasteiger partial charge in [-0.05, 0) is 57.9 Å². The lowest BCUT2D eigenvalue weighted by atomic mass is 9.94. The molecule has 2 nitrogen and oxygen atoms in total. The maximum atomic E-state index is 3.77. The van der Waals surface area contributed by atoms with E-state index in [4.69, 9.17) is 0 Å². The van der Waals surface area contributed by atoms with Crippen LogP contribution in [0.2, 0.25) is 0 Å². The van der Waals surface area contributed by atoms with Gasteiger partial charge in [0.05, 0.1) is 0 Å². The average Bonchev–Trinajstić information content (AvgIpc) is 2.64. The van der Waals surface area contributed by atoms with Gasteiger partial charge in [-0.15, -0.1) is 0 Å². The van der Waals surface area contributed by atoms with Crippen molar-refractivity contribution in [3.8, 4) is 0 Å². The van der Waals surface area contributed by atoms with Crippen molar-refractivity contribution >= 4 is 0 Å². The Kier molecular flexibility index (Phi) is 5.08. The molecule has 0 amide bonds. The molecule has 0 saturated carbocycles. The number of piperidine rings is 1. The number of nitrogens with zero attached hydrogens (tertiary/aromatic N) is 1. The molecular weight excluding hydrogens is 220 g/mol. The lowest BCUT2D eigenvalue weighted by Crippen LogP contribution is -2.51. The van der Waals surface area contributed by atoms with Crippen LogP contribution in [0.1, 0.15) is 66.2 Å². The number of fused-ring (bicyclic) bond motifs is 2. The molecule has 2 fully saturated rings. The first-order chi connectivity index (χ1) is 8.60. The SMILES string of the molecule is CCCN(C(C)CC(C)C)C1CC2CCC(C1)N2. The molecule has 18 heavy (non-hydrogen) atoms. The predicted octanol–water partition coefficient (Wildman–Crippen LogP) is 3.42. The summed E-state index contributed by atoms with van der Waals surface area (Å²) in [6.07, 6.45) is 8.25. The van der Waals surface area contributed by atoms with Crippen LogP contribution >= 0.6 is 0 Å². The van der Waals surface area contributed by atoms with E-state index in [0.717, 1.165) is 30.1 Å². The summed E-state index contributed by atoms with van der Waals surface area (Å²) in [5.74, 6) is 0.817. The second-order valence-electron chi connectivity index (χ2n) is 6.98. The fourth-order valence-corrected chi connectivity index (χ4v) is 4.14. The van der Waals surface area contributed by atoms with E-state index in [9.17, 15) is 0 Å². The maximum absolute atomic E-state index is 3.77. The van der Waals surface area contributed by atoms with Crippen LogP contribution in [0.3, 0.4) is 0 Å². The van der Waals surface area contributed by atoms with E-state index in [1.807, 2.05) is 0 Å². The number of rotatable bonds is 6. The molecule has 0 spiro atoms. The molecule has 1 N–H and O–H groups in total. The van der Waals surface area contributed by atoms with E-state index in [0.29, 0.717) is 0 Å². The van der Waals surface area contributed by atoms with E-state index < -0.39 is 0 Å². The van der Waals surface area contributed by atoms with Gasteiger partial charge < -0.3 is 5.32 Å². The number of hydrogen-bond donors (Lipinski definition) is 1. The Morgan fingerprint density at radius 1 is 1.11 bits per heavy atom. The molecule has 3 unspecified atom stereocenters. The Morgan fingerprint density at radius 3 is 2.22 bits per heavy atom. The molecule has 0 aromatic carbocycles. The van der Waals surface area contributed by atoms with Gasteiger partial charge in [-0.1, -0.05) is 20.8 Å². The van der Waals surface area contributed by atoms with Crippen LogP contribution < -0.4 is 5.32 Å². The van der Waals surface area contributed by atoms with Crippen molar-refractivity contribution < 1.29 is 0 Å². The predicted molar refractivity (Wildman–Crippen MR) is 78.9 cm³/mol. The monoisotopic (exact) mass is 252 g/mol. The molecule has 2 aliphatic heterocycles. The summed E-state index contributed by atoms with van der Waals surface area (Å²) in [5.41, 5.74) is 0. The summed E-state index contributed by atoms with van der Waals surface area (Å²) in [5, 5.41) is 3.77. The Bertz CT molecular complexity index is 239. The normalized spacial score (nSPS) is 33.3. The van der Waals surface area contributed by atoms with Gasteiger partial charge in [0.15, 0.2) is 0 Å². The van der Waals surface area contributed by atoms with Crippen molar-refractivity contribution in [2.75, 3.05) is 6.54 Å². The first-order valence-corrected chi connectivity index (χ1v) is 8.12. The van der Waals surface area contributed by atoms with Gasteiger partial charge in [0.2, 0.25) is 0 Å². The van der Waals surface area contributed by atoms with Crippen LogP contribution in [0, 0.1) is 5.92 Å². The van der Waals surface area contributed by atoms with Gasteiger partial charge >= 0.3 is 0 Å². The van der Waals surface area contributed by atoms with Gasteiger partial charge in [-0.3, -0.25) is 4.90 Å². The Balaban J connectivity index is 1.96. The smallest absolute Gasteiger partial charge is 0.0128 e. The topological polar surface area (TPSA) is 15.3 Å². The van der Waals surface area contributed by atoms with Crippen LogP contribution in [-0.4, -0.2) is 35.6 Å². The zero-order chi connectivity index (χ0) is 13.1. The summed E-state index contributed by atoms with van der Waals surface area (Å²) in [6, 6.07) is 3.24. The van der Waals surface area contributed by atoms with Gasteiger partial charge in [0.1, 0.15) is 0 Å². The molecule has 2 bridgehead atoms. The third-order valence-electron chi connectivity index (χ3n) is 4.78. The molecule has 2 heteroatoms. The second kappa shape index (κ2) is 6.38. The Hall–Kier alpha value is -0.0800. The number of nitrogens with one attached hydrogen (secondary N) is 1. The molecule has 3 atom stereocenters. The minimum atomic E-state index is 0.757. The second-order valence-corrected chi connectivity index (χ2v) is 6.98. The van der Waals surface area contributed by atoms with Crippen molar-refractivity contribution in [1.29, 1.82) is 0 Å². The summed E-state index contributed by atoms with van der Waals surface area (Å²) in [6.45, 7) is 10.8. The van der Waals surface area contributed by atoms with Crippen LogP contribution in [-0.2, 0) is 0 Å². The largest absolute Gasteiger partial charge is 0.311 e. The molecule has 2 heterocycles. The molecule has 2 rings (SSSR count). The third-order valence-corrected chi connectivity index (χ3v) is 4.78. The third kappa shape index (κ3) is 3.48. The van der Waals surface area contributed by atoms with E-state index in [1.165, 1.54) is 45.1 Å². The Morgan fingerprint density at radius 2 is 1.72 bits per heavy atom. The van der Waals surface area contributed by atoms with E-state index in [1.54, 1.807) is 0 Å². The van der Waals surface area contributed by atoms with Gasteiger partial charge in [0, 0.05) is 24.2 Å². The molecule has 106 valence electrons. The van der Waals surface area contributed by atoms with Crippen molar-refractivity contribution in [2.24, 2.45) is 5.92 Å². The maximum Gasteiger partial charge on any atom is 0.0128 e. The first-order valence-electron chi connectivity index (χ1n) is 8.12. The number of hydrogen-bond acceptors (Lipinski definition) is 2. The van der Waals surface area contributed by atoms with Crippen molar-refractivity contribution in [3.05, 3.63) is 0 Å². The highest BCUT2D eigenvalue weighted by Gasteiger charge is 2.36. The fraction of sp³-hybridized carbons (Fsp3) is 1.00. The van der Waals surface area contributed by atoms with Crippen LogP contribution in [0.5, 0.6) is 0 Å². The summed E-state index contributed by atoms with van der Waals surface area (Å²) >= 11 is 0. The van der Waals surface area contributed by atoms with Crippen molar-refractivity contribution in [2.45, 2.75) is 90.4 Å². The highest BCUT2D eigenvalue weighted by atomic mass is 15.2. The molecule has 0 aromatic rings. The highest BCUT2D eigenvalue weighted by molar-refractivity contribution is 4.96. The van der Waals surface area contributed by atoms with Gasteiger partial charge in [-0.25, -0.2) is 0 Å². The minimum Gasteiger partial charge on any atom is -0.311 e. The van der Waals surface area contributed by atoms with E-state index >= 15 is 0 Å². The molecular formula is C16H32N2. The summed E-state index contributed by atoms with van der Waals surface area (Å²) in [4.78, 5) is 2.83. The summed E-state index contributed by atoms with van der Waals surface area (Å²) in [7, 11) is 0.